The fourth-order valence-electron chi connectivity index (χ4n) is 2.20. The van der Waals surface area contributed by atoms with E-state index in [-0.39, 0.29) is 22.4 Å². The van der Waals surface area contributed by atoms with Crippen molar-refractivity contribution in [3.63, 3.8) is 0 Å². The van der Waals surface area contributed by atoms with Crippen LogP contribution >= 0.6 is 11.8 Å². The molecule has 1 aromatic carbocycles. The number of nitrogens with one attached hydrogen (secondary N) is 1. The van der Waals surface area contributed by atoms with E-state index in [1.807, 2.05) is 0 Å². The number of thioether (sulfide) groups is 1. The zero-order chi connectivity index (χ0) is 18.7. The largest absolute Gasteiger partial charge is 0.469 e. The predicted molar refractivity (Wildman–Crippen MR) is 93.9 cm³/mol. The van der Waals surface area contributed by atoms with Crippen molar-refractivity contribution in [2.75, 3.05) is 11.1 Å². The maximum atomic E-state index is 12.1. The van der Waals surface area contributed by atoms with Gasteiger partial charge in [-0.1, -0.05) is 17.8 Å². The average molecular weight is 374 g/mol. The number of anilines is 1. The molecule has 0 spiro atoms. The van der Waals surface area contributed by atoms with Gasteiger partial charge in [0, 0.05) is 6.07 Å². The maximum absolute atomic E-state index is 12.1. The van der Waals surface area contributed by atoms with E-state index in [4.69, 9.17) is 8.83 Å². The van der Waals surface area contributed by atoms with Crippen LogP contribution in [0.1, 0.15) is 11.3 Å². The Labute approximate surface area is 151 Å². The lowest BCUT2D eigenvalue weighted by molar-refractivity contribution is -0.384. The molecule has 26 heavy (non-hydrogen) atoms. The Kier molecular flexibility index (Phi) is 5.03. The third-order valence-corrected chi connectivity index (χ3v) is 4.26. The Morgan fingerprint density at radius 3 is 2.81 bits per heavy atom. The number of carbonyl (C=O) groups excluding carboxylic acids is 1. The van der Waals surface area contributed by atoms with Crippen LogP contribution in [0.25, 0.3) is 11.5 Å². The molecule has 2 heterocycles. The Balaban J connectivity index is 1.63. The van der Waals surface area contributed by atoms with Crippen molar-refractivity contribution in [2.24, 2.45) is 0 Å². The molecule has 0 saturated carbocycles. The van der Waals surface area contributed by atoms with Crippen molar-refractivity contribution in [3.05, 3.63) is 52.0 Å². The van der Waals surface area contributed by atoms with Crippen molar-refractivity contribution < 1.29 is 18.6 Å². The molecule has 1 amide bonds. The zero-order valence-corrected chi connectivity index (χ0v) is 14.7. The standard InChI is InChI=1S/C16H14N4O5S/c1-9-3-4-12(13(7-9)20(22)23)17-14(21)8-26-16-19-18-15(25-16)11-5-6-24-10(11)2/h3-7H,8H2,1-2H3,(H,17,21). The van der Waals surface area contributed by atoms with E-state index in [1.54, 1.807) is 26.0 Å². The van der Waals surface area contributed by atoms with E-state index in [9.17, 15) is 14.9 Å². The van der Waals surface area contributed by atoms with Gasteiger partial charge in [-0.05, 0) is 31.5 Å². The van der Waals surface area contributed by atoms with E-state index >= 15 is 0 Å². The van der Waals surface area contributed by atoms with Gasteiger partial charge in [0.05, 0.1) is 22.5 Å². The van der Waals surface area contributed by atoms with Crippen LogP contribution in [-0.4, -0.2) is 26.8 Å². The molecule has 0 radical (unpaired) electrons. The summed E-state index contributed by atoms with van der Waals surface area (Å²) in [6, 6.07) is 6.30. The quantitative estimate of drug-likeness (QED) is 0.394. The van der Waals surface area contributed by atoms with Gasteiger partial charge >= 0.3 is 0 Å². The van der Waals surface area contributed by atoms with Crippen LogP contribution in [0.5, 0.6) is 0 Å². The van der Waals surface area contributed by atoms with Crippen molar-refractivity contribution in [3.8, 4) is 11.5 Å². The molecule has 0 atom stereocenters. The lowest BCUT2D eigenvalue weighted by Crippen LogP contribution is -2.15. The first-order chi connectivity index (χ1) is 12.4. The summed E-state index contributed by atoms with van der Waals surface area (Å²) >= 11 is 1.04. The first kappa shape index (κ1) is 17.7. The summed E-state index contributed by atoms with van der Waals surface area (Å²) in [6.45, 7) is 3.51. The number of benzene rings is 1. The van der Waals surface area contributed by atoms with E-state index in [0.717, 1.165) is 17.3 Å². The normalized spacial score (nSPS) is 10.7. The molecule has 9 nitrogen and oxygen atoms in total. The number of carbonyl (C=O) groups is 1. The first-order valence-electron chi connectivity index (χ1n) is 7.49. The highest BCUT2D eigenvalue weighted by molar-refractivity contribution is 7.99. The third kappa shape index (κ3) is 3.91. The second-order valence-electron chi connectivity index (χ2n) is 5.38. The molecule has 3 aromatic rings. The maximum Gasteiger partial charge on any atom is 0.293 e. The smallest absolute Gasteiger partial charge is 0.293 e. The lowest BCUT2D eigenvalue weighted by atomic mass is 10.2. The lowest BCUT2D eigenvalue weighted by Gasteiger charge is -2.05. The molecule has 0 unspecified atom stereocenters. The summed E-state index contributed by atoms with van der Waals surface area (Å²) < 4.78 is 10.7. The van der Waals surface area contributed by atoms with E-state index in [1.165, 1.54) is 18.4 Å². The minimum absolute atomic E-state index is 0.0307. The molecule has 0 bridgehead atoms. The van der Waals surface area contributed by atoms with Gasteiger partial charge in [0.2, 0.25) is 5.91 Å². The van der Waals surface area contributed by atoms with Gasteiger partial charge in [-0.15, -0.1) is 10.2 Å². The van der Waals surface area contributed by atoms with Crippen LogP contribution in [0.4, 0.5) is 11.4 Å². The van der Waals surface area contributed by atoms with Crippen LogP contribution in [-0.2, 0) is 4.79 Å². The second-order valence-corrected chi connectivity index (χ2v) is 6.30. The topological polar surface area (TPSA) is 124 Å². The summed E-state index contributed by atoms with van der Waals surface area (Å²) in [5.41, 5.74) is 1.41. The second kappa shape index (κ2) is 7.40. The molecule has 2 aromatic heterocycles. The number of furan rings is 1. The third-order valence-electron chi connectivity index (χ3n) is 3.45. The number of nitrogens with zero attached hydrogens (tertiary/aromatic N) is 3. The number of nitro groups is 1. The molecule has 134 valence electrons. The molecule has 1 N–H and O–H groups in total. The Bertz CT molecular complexity index is 965. The number of rotatable bonds is 6. The minimum atomic E-state index is -0.534. The molecule has 0 aliphatic rings. The van der Waals surface area contributed by atoms with Gasteiger partial charge < -0.3 is 14.2 Å². The number of hydrogen-bond acceptors (Lipinski definition) is 8. The molecular formula is C16H14N4O5S. The fraction of sp³-hybridized carbons (Fsp3) is 0.188. The van der Waals surface area contributed by atoms with Gasteiger partial charge in [-0.25, -0.2) is 0 Å². The van der Waals surface area contributed by atoms with Crippen molar-refractivity contribution >= 4 is 29.0 Å². The zero-order valence-electron chi connectivity index (χ0n) is 13.9. The Morgan fingerprint density at radius 2 is 2.12 bits per heavy atom. The molecular weight excluding hydrogens is 360 g/mol. The molecule has 10 heteroatoms. The SMILES string of the molecule is Cc1ccc(NC(=O)CSc2nnc(-c3ccoc3C)o2)c([N+](=O)[O-])c1. The van der Waals surface area contributed by atoms with E-state index in [0.29, 0.717) is 17.2 Å². The molecule has 0 saturated heterocycles. The molecule has 0 aliphatic carbocycles. The minimum Gasteiger partial charge on any atom is -0.469 e. The van der Waals surface area contributed by atoms with Gasteiger partial charge in [0.25, 0.3) is 16.8 Å². The average Bonchev–Trinajstić information content (AvgIpc) is 3.23. The summed E-state index contributed by atoms with van der Waals surface area (Å²) in [6.07, 6.45) is 1.52. The summed E-state index contributed by atoms with van der Waals surface area (Å²) in [4.78, 5) is 22.6. The number of aryl methyl sites for hydroxylation is 2. The summed E-state index contributed by atoms with van der Waals surface area (Å²) in [5.74, 6) is 0.501. The number of hydrogen-bond donors (Lipinski definition) is 1. The first-order valence-corrected chi connectivity index (χ1v) is 8.48. The van der Waals surface area contributed by atoms with Gasteiger partial charge in [-0.3, -0.25) is 14.9 Å². The highest BCUT2D eigenvalue weighted by atomic mass is 32.2. The molecule has 0 aliphatic heterocycles. The highest BCUT2D eigenvalue weighted by Crippen LogP contribution is 2.28. The van der Waals surface area contributed by atoms with Crippen LogP contribution < -0.4 is 5.32 Å². The van der Waals surface area contributed by atoms with Crippen LogP contribution in [0, 0.1) is 24.0 Å². The molecule has 3 rings (SSSR count). The summed E-state index contributed by atoms with van der Waals surface area (Å²) in [5, 5.41) is 21.6. The van der Waals surface area contributed by atoms with E-state index in [2.05, 4.69) is 15.5 Å². The fourth-order valence-corrected chi connectivity index (χ4v) is 2.76. The van der Waals surface area contributed by atoms with Crippen molar-refractivity contribution in [1.82, 2.24) is 10.2 Å². The molecule has 0 fully saturated rings. The van der Waals surface area contributed by atoms with E-state index < -0.39 is 10.8 Å². The predicted octanol–water partition coefficient (Wildman–Crippen LogP) is 3.59. The number of amides is 1. The van der Waals surface area contributed by atoms with Crippen molar-refractivity contribution in [2.45, 2.75) is 19.1 Å². The van der Waals surface area contributed by atoms with Gasteiger partial charge in [0.1, 0.15) is 11.4 Å². The number of nitro benzene ring substituents is 1. The van der Waals surface area contributed by atoms with Gasteiger partial charge in [-0.2, -0.15) is 0 Å². The van der Waals surface area contributed by atoms with Crippen LogP contribution in [0.3, 0.4) is 0 Å². The highest BCUT2D eigenvalue weighted by Gasteiger charge is 2.18. The van der Waals surface area contributed by atoms with Crippen LogP contribution in [0.2, 0.25) is 0 Å². The Hall–Kier alpha value is -3.14. The number of aromatic nitrogens is 2. The van der Waals surface area contributed by atoms with Crippen molar-refractivity contribution in [1.29, 1.82) is 0 Å². The summed E-state index contributed by atoms with van der Waals surface area (Å²) in [7, 11) is 0. The van der Waals surface area contributed by atoms with Gasteiger partial charge in [0.15, 0.2) is 0 Å². The van der Waals surface area contributed by atoms with Crippen LogP contribution in [0.15, 0.2) is 44.6 Å². The Morgan fingerprint density at radius 1 is 1.31 bits per heavy atom. The monoisotopic (exact) mass is 374 g/mol.